The minimum atomic E-state index is -0.662. The molecule has 7 nitrogen and oxygen atoms in total. The van der Waals surface area contributed by atoms with Crippen molar-refractivity contribution in [3.05, 3.63) is 44.5 Å². The van der Waals surface area contributed by atoms with Gasteiger partial charge in [0.25, 0.3) is 0 Å². The molecule has 2 atom stereocenters. The molecule has 1 aromatic heterocycles. The van der Waals surface area contributed by atoms with Gasteiger partial charge in [-0.15, -0.1) is 0 Å². The number of aryl methyl sites for hydroxylation is 1. The number of aliphatic carboxylic acids is 1. The first-order valence-corrected chi connectivity index (χ1v) is 14.2. The van der Waals surface area contributed by atoms with Crippen LogP contribution in [0.25, 0.3) is 0 Å². The SMILES string of the molecule is Cc1nc(N2CC(C3CCCN(C4CC(C)(C(=O)O)C4)C3)C2)nc(NC(C)c2ccc(Cl)cc2Cl)c1Cl. The molecular formula is C27H34Cl3N5O2. The molecule has 2 saturated heterocycles. The van der Waals surface area contributed by atoms with Gasteiger partial charge in [0.15, 0.2) is 5.82 Å². The summed E-state index contributed by atoms with van der Waals surface area (Å²) >= 11 is 19.0. The van der Waals surface area contributed by atoms with Crippen LogP contribution in [0.15, 0.2) is 18.2 Å². The van der Waals surface area contributed by atoms with Crippen molar-refractivity contribution in [3.8, 4) is 0 Å². The predicted molar refractivity (Wildman–Crippen MR) is 149 cm³/mol. The molecule has 3 heterocycles. The lowest BCUT2D eigenvalue weighted by molar-refractivity contribution is -0.158. The minimum absolute atomic E-state index is 0.115. The first kappa shape index (κ1) is 26.8. The minimum Gasteiger partial charge on any atom is -0.481 e. The molecule has 0 amide bonds. The zero-order valence-electron chi connectivity index (χ0n) is 21.5. The lowest BCUT2D eigenvalue weighted by Gasteiger charge is -2.52. The highest BCUT2D eigenvalue weighted by atomic mass is 35.5. The van der Waals surface area contributed by atoms with Crippen LogP contribution in [-0.2, 0) is 4.79 Å². The van der Waals surface area contributed by atoms with Crippen LogP contribution in [0.2, 0.25) is 15.1 Å². The van der Waals surface area contributed by atoms with Crippen molar-refractivity contribution < 1.29 is 9.90 Å². The molecule has 5 rings (SSSR count). The molecule has 2 N–H and O–H groups in total. The number of nitrogens with zero attached hydrogens (tertiary/aromatic N) is 4. The predicted octanol–water partition coefficient (Wildman–Crippen LogP) is 6.32. The van der Waals surface area contributed by atoms with E-state index in [1.165, 1.54) is 12.8 Å². The molecule has 1 aliphatic carbocycles. The van der Waals surface area contributed by atoms with Crippen LogP contribution in [0.4, 0.5) is 11.8 Å². The number of carboxylic acids is 1. The molecule has 0 radical (unpaired) electrons. The van der Waals surface area contributed by atoms with E-state index < -0.39 is 11.4 Å². The van der Waals surface area contributed by atoms with Gasteiger partial charge in [0.2, 0.25) is 5.95 Å². The second kappa shape index (κ2) is 10.4. The highest BCUT2D eigenvalue weighted by Gasteiger charge is 2.49. The summed E-state index contributed by atoms with van der Waals surface area (Å²) in [6, 6.07) is 5.76. The van der Waals surface area contributed by atoms with Gasteiger partial charge in [0.05, 0.1) is 17.2 Å². The van der Waals surface area contributed by atoms with E-state index >= 15 is 0 Å². The summed E-state index contributed by atoms with van der Waals surface area (Å²) in [6.07, 6.45) is 3.93. The Hall–Kier alpha value is -1.80. The first-order chi connectivity index (χ1) is 17.5. The second-order valence-electron chi connectivity index (χ2n) is 11.3. The van der Waals surface area contributed by atoms with Gasteiger partial charge in [0.1, 0.15) is 5.02 Å². The monoisotopic (exact) mass is 565 g/mol. The Morgan fingerprint density at radius 1 is 1.16 bits per heavy atom. The maximum absolute atomic E-state index is 11.5. The molecule has 37 heavy (non-hydrogen) atoms. The topological polar surface area (TPSA) is 81.6 Å². The number of hydrogen-bond acceptors (Lipinski definition) is 6. The van der Waals surface area contributed by atoms with Gasteiger partial charge < -0.3 is 20.2 Å². The molecule has 3 fully saturated rings. The molecule has 1 aromatic carbocycles. The van der Waals surface area contributed by atoms with Crippen LogP contribution in [0.5, 0.6) is 0 Å². The summed E-state index contributed by atoms with van der Waals surface area (Å²) in [5.41, 5.74) is 1.11. The van der Waals surface area contributed by atoms with Crippen molar-refractivity contribution in [1.82, 2.24) is 14.9 Å². The van der Waals surface area contributed by atoms with E-state index in [2.05, 4.69) is 20.1 Å². The third-order valence-electron chi connectivity index (χ3n) is 8.54. The van der Waals surface area contributed by atoms with Gasteiger partial charge in [-0.05, 0) is 82.5 Å². The summed E-state index contributed by atoms with van der Waals surface area (Å²) in [6.45, 7) is 9.78. The fraction of sp³-hybridized carbons (Fsp3) is 0.593. The molecule has 0 bridgehead atoms. The van der Waals surface area contributed by atoms with Crippen molar-refractivity contribution in [2.45, 2.75) is 58.5 Å². The van der Waals surface area contributed by atoms with Crippen molar-refractivity contribution in [2.24, 2.45) is 17.3 Å². The Balaban J connectivity index is 1.20. The van der Waals surface area contributed by atoms with Crippen LogP contribution in [0, 0.1) is 24.2 Å². The summed E-state index contributed by atoms with van der Waals surface area (Å²) < 4.78 is 0. The number of nitrogens with one attached hydrogen (secondary N) is 1. The van der Waals surface area contributed by atoms with Gasteiger partial charge in [-0.3, -0.25) is 4.79 Å². The zero-order valence-corrected chi connectivity index (χ0v) is 23.7. The summed E-state index contributed by atoms with van der Waals surface area (Å²) in [5, 5.41) is 14.6. The molecule has 2 aliphatic heterocycles. The number of rotatable bonds is 7. The normalized spacial score (nSPS) is 27.4. The third kappa shape index (κ3) is 5.38. The standard InChI is InChI=1S/C27H34Cl3N5O2/c1-15(21-7-6-19(28)9-22(21)29)31-24-23(30)16(2)32-26(33-24)35-13-18(14-35)17-5-4-8-34(12-17)20-10-27(3,11-20)25(36)37/h6-7,9,15,17-18,20H,4-5,8,10-14H2,1-3H3,(H,36,37)(H,31,32,33). The molecule has 3 aliphatic rings. The van der Waals surface area contributed by atoms with Crippen molar-refractivity contribution >= 4 is 52.5 Å². The number of likely N-dealkylation sites (tertiary alicyclic amines) is 1. The molecular weight excluding hydrogens is 533 g/mol. The van der Waals surface area contributed by atoms with Crippen molar-refractivity contribution in [3.63, 3.8) is 0 Å². The van der Waals surface area contributed by atoms with E-state index in [0.29, 0.717) is 44.7 Å². The fourth-order valence-corrected chi connectivity index (χ4v) is 6.77. The number of carboxylic acid groups (broad SMARTS) is 1. The number of hydrogen-bond donors (Lipinski definition) is 2. The van der Waals surface area contributed by atoms with Gasteiger partial charge >= 0.3 is 5.97 Å². The van der Waals surface area contributed by atoms with E-state index in [1.54, 1.807) is 6.07 Å². The maximum atomic E-state index is 11.5. The fourth-order valence-electron chi connectivity index (χ4n) is 6.06. The van der Waals surface area contributed by atoms with E-state index in [-0.39, 0.29) is 6.04 Å². The van der Waals surface area contributed by atoms with Crippen molar-refractivity contribution in [1.29, 1.82) is 0 Å². The molecule has 2 unspecified atom stereocenters. The lowest BCUT2D eigenvalue weighted by atomic mass is 9.65. The quantitative estimate of drug-likeness (QED) is 0.406. The van der Waals surface area contributed by atoms with Crippen LogP contribution in [-0.4, -0.2) is 58.2 Å². The van der Waals surface area contributed by atoms with Crippen molar-refractivity contribution in [2.75, 3.05) is 36.4 Å². The Morgan fingerprint density at radius 3 is 2.57 bits per heavy atom. The first-order valence-electron chi connectivity index (χ1n) is 13.0. The smallest absolute Gasteiger partial charge is 0.309 e. The maximum Gasteiger partial charge on any atom is 0.309 e. The second-order valence-corrected chi connectivity index (χ2v) is 12.5. The van der Waals surface area contributed by atoms with E-state index in [9.17, 15) is 9.90 Å². The average molecular weight is 567 g/mol. The lowest BCUT2D eigenvalue weighted by Crippen LogP contribution is -2.58. The highest BCUT2D eigenvalue weighted by Crippen LogP contribution is 2.45. The van der Waals surface area contributed by atoms with Crippen LogP contribution < -0.4 is 10.2 Å². The third-order valence-corrected chi connectivity index (χ3v) is 9.56. The number of carbonyl (C=O) groups is 1. The molecule has 200 valence electrons. The Morgan fingerprint density at radius 2 is 1.89 bits per heavy atom. The Labute approximate surface area is 233 Å². The summed E-state index contributed by atoms with van der Waals surface area (Å²) in [4.78, 5) is 25.7. The summed E-state index contributed by atoms with van der Waals surface area (Å²) in [5.74, 6) is 1.85. The number of piperidine rings is 1. The zero-order chi connectivity index (χ0) is 26.5. The van der Waals surface area contributed by atoms with Crippen LogP contribution in [0.3, 0.4) is 0 Å². The number of anilines is 2. The number of benzene rings is 1. The molecule has 10 heteroatoms. The summed E-state index contributed by atoms with van der Waals surface area (Å²) in [7, 11) is 0. The van der Waals surface area contributed by atoms with Gasteiger partial charge in [-0.2, -0.15) is 4.98 Å². The average Bonchev–Trinajstić information content (AvgIpc) is 2.79. The van der Waals surface area contributed by atoms with Gasteiger partial charge in [-0.1, -0.05) is 40.9 Å². The van der Waals surface area contributed by atoms with Crippen LogP contribution in [0.1, 0.15) is 56.8 Å². The van der Waals surface area contributed by atoms with E-state index in [1.807, 2.05) is 32.9 Å². The highest BCUT2D eigenvalue weighted by molar-refractivity contribution is 6.35. The van der Waals surface area contributed by atoms with E-state index in [4.69, 9.17) is 39.8 Å². The van der Waals surface area contributed by atoms with E-state index in [0.717, 1.165) is 50.3 Å². The Bertz CT molecular complexity index is 1180. The number of halogens is 3. The van der Waals surface area contributed by atoms with Gasteiger partial charge in [0, 0.05) is 35.7 Å². The van der Waals surface area contributed by atoms with Gasteiger partial charge in [-0.25, -0.2) is 4.98 Å². The Kier molecular flexibility index (Phi) is 7.53. The van der Waals surface area contributed by atoms with Crippen LogP contribution >= 0.6 is 34.8 Å². The molecule has 0 spiro atoms. The number of aromatic nitrogens is 2. The largest absolute Gasteiger partial charge is 0.481 e. The molecule has 2 aromatic rings. The molecule has 1 saturated carbocycles.